The summed E-state index contributed by atoms with van der Waals surface area (Å²) in [6, 6.07) is 1.79. The second kappa shape index (κ2) is 5.14. The quantitative estimate of drug-likeness (QED) is 0.765. The molecule has 0 saturated carbocycles. The van der Waals surface area contributed by atoms with Crippen LogP contribution >= 0.6 is 11.3 Å². The summed E-state index contributed by atoms with van der Waals surface area (Å²) in [6.45, 7) is 0. The van der Waals surface area contributed by atoms with E-state index in [9.17, 15) is 4.79 Å². The van der Waals surface area contributed by atoms with Gasteiger partial charge in [-0.25, -0.2) is 0 Å². The maximum atomic E-state index is 11.9. The van der Waals surface area contributed by atoms with Gasteiger partial charge in [0.2, 0.25) is 0 Å². The molecule has 17 heavy (non-hydrogen) atoms. The summed E-state index contributed by atoms with van der Waals surface area (Å²) < 4.78 is 6.80. The van der Waals surface area contributed by atoms with Gasteiger partial charge in [0, 0.05) is 31.1 Å². The third-order valence-corrected chi connectivity index (χ3v) is 3.43. The van der Waals surface area contributed by atoms with E-state index >= 15 is 0 Å². The summed E-state index contributed by atoms with van der Waals surface area (Å²) in [5, 5.41) is 5.92. The molecule has 90 valence electrons. The highest BCUT2D eigenvalue weighted by atomic mass is 32.1. The third kappa shape index (κ3) is 2.94. The van der Waals surface area contributed by atoms with Crippen LogP contribution in [0.25, 0.3) is 0 Å². The molecule has 2 heterocycles. The lowest BCUT2D eigenvalue weighted by Crippen LogP contribution is -1.98. The maximum Gasteiger partial charge on any atom is 0.173 e. The van der Waals surface area contributed by atoms with Crippen LogP contribution in [-0.2, 0) is 13.5 Å². The number of hydrogen-bond donors (Lipinski definition) is 0. The van der Waals surface area contributed by atoms with Crippen LogP contribution in [0.15, 0.2) is 23.8 Å². The number of carbonyl (C=O) groups excluding carboxylic acids is 1. The van der Waals surface area contributed by atoms with Crippen LogP contribution in [0.2, 0.25) is 0 Å². The zero-order valence-corrected chi connectivity index (χ0v) is 10.7. The molecule has 0 bridgehead atoms. The number of aryl methyl sites for hydroxylation is 2. The molecule has 0 N–H and O–H groups in total. The second-order valence-corrected chi connectivity index (χ2v) is 4.71. The van der Waals surface area contributed by atoms with Gasteiger partial charge >= 0.3 is 0 Å². The van der Waals surface area contributed by atoms with E-state index in [1.54, 1.807) is 24.1 Å². The molecular weight excluding hydrogens is 236 g/mol. The van der Waals surface area contributed by atoms with E-state index in [2.05, 4.69) is 5.10 Å². The van der Waals surface area contributed by atoms with Gasteiger partial charge in [-0.05, 0) is 12.0 Å². The molecule has 2 aromatic rings. The number of methoxy groups -OCH3 is 1. The average molecular weight is 250 g/mol. The van der Waals surface area contributed by atoms with E-state index in [-0.39, 0.29) is 5.78 Å². The van der Waals surface area contributed by atoms with Crippen molar-refractivity contribution in [3.05, 3.63) is 34.3 Å². The first-order valence-electron chi connectivity index (χ1n) is 5.32. The lowest BCUT2D eigenvalue weighted by molar-refractivity contribution is 0.0986. The standard InChI is InChI=1S/C12H14N2O2S/c1-14-7-9(6-13-14)3-4-11(15)12-5-10(16-2)8-17-12/h5-8H,3-4H2,1-2H3. The molecule has 0 aliphatic rings. The molecule has 0 spiro atoms. The molecule has 0 atom stereocenters. The van der Waals surface area contributed by atoms with Gasteiger partial charge in [-0.1, -0.05) is 0 Å². The normalized spacial score (nSPS) is 10.5. The zero-order valence-electron chi connectivity index (χ0n) is 9.84. The summed E-state index contributed by atoms with van der Waals surface area (Å²) in [6.07, 6.45) is 4.97. The Labute approximate surface area is 104 Å². The molecule has 0 unspecified atom stereocenters. The van der Waals surface area contributed by atoms with Crippen LogP contribution in [-0.4, -0.2) is 22.7 Å². The number of hydrogen-bond acceptors (Lipinski definition) is 4. The molecule has 0 aromatic carbocycles. The zero-order chi connectivity index (χ0) is 12.3. The van der Waals surface area contributed by atoms with Crippen molar-refractivity contribution in [3.63, 3.8) is 0 Å². The Kier molecular flexibility index (Phi) is 3.58. The van der Waals surface area contributed by atoms with E-state index in [1.807, 2.05) is 18.6 Å². The van der Waals surface area contributed by atoms with Gasteiger partial charge in [0.1, 0.15) is 5.75 Å². The summed E-state index contributed by atoms with van der Waals surface area (Å²) in [5.41, 5.74) is 1.09. The fourth-order valence-corrected chi connectivity index (χ4v) is 2.38. The highest BCUT2D eigenvalue weighted by Gasteiger charge is 2.10. The van der Waals surface area contributed by atoms with Crippen LogP contribution in [0.3, 0.4) is 0 Å². The Hall–Kier alpha value is -1.62. The minimum Gasteiger partial charge on any atom is -0.496 e. The van der Waals surface area contributed by atoms with Crippen LogP contribution in [0, 0.1) is 0 Å². The van der Waals surface area contributed by atoms with Crippen molar-refractivity contribution in [2.45, 2.75) is 12.8 Å². The minimum atomic E-state index is 0.155. The van der Waals surface area contributed by atoms with Gasteiger partial charge in [-0.3, -0.25) is 9.48 Å². The van der Waals surface area contributed by atoms with Crippen LogP contribution in [0.1, 0.15) is 21.7 Å². The minimum absolute atomic E-state index is 0.155. The van der Waals surface area contributed by atoms with Crippen molar-refractivity contribution in [1.29, 1.82) is 0 Å². The Balaban J connectivity index is 1.93. The lowest BCUT2D eigenvalue weighted by Gasteiger charge is -1.96. The Morgan fingerprint density at radius 2 is 2.41 bits per heavy atom. The fraction of sp³-hybridized carbons (Fsp3) is 0.333. The van der Waals surface area contributed by atoms with Crippen molar-refractivity contribution < 1.29 is 9.53 Å². The van der Waals surface area contributed by atoms with Crippen LogP contribution in [0.4, 0.5) is 0 Å². The summed E-state index contributed by atoms with van der Waals surface area (Å²) in [4.78, 5) is 12.6. The van der Waals surface area contributed by atoms with E-state index < -0.39 is 0 Å². The van der Waals surface area contributed by atoms with E-state index in [1.165, 1.54) is 11.3 Å². The molecule has 2 aromatic heterocycles. The lowest BCUT2D eigenvalue weighted by atomic mass is 10.1. The van der Waals surface area contributed by atoms with E-state index in [0.29, 0.717) is 6.42 Å². The number of carbonyl (C=O) groups is 1. The topological polar surface area (TPSA) is 44.1 Å². The molecule has 2 rings (SSSR count). The van der Waals surface area contributed by atoms with Gasteiger partial charge in [0.05, 0.1) is 18.2 Å². The van der Waals surface area contributed by atoms with Crippen molar-refractivity contribution in [3.8, 4) is 5.75 Å². The number of ether oxygens (including phenoxy) is 1. The number of Topliss-reactive ketones (excluding diaryl/α,β-unsaturated/α-hetero) is 1. The number of rotatable bonds is 5. The Bertz CT molecular complexity index is 516. The van der Waals surface area contributed by atoms with Gasteiger partial charge in [-0.2, -0.15) is 5.10 Å². The molecule has 0 aliphatic carbocycles. The molecular formula is C12H14N2O2S. The molecule has 5 heteroatoms. The van der Waals surface area contributed by atoms with E-state index in [0.717, 1.165) is 22.6 Å². The number of thiophene rings is 1. The third-order valence-electron chi connectivity index (χ3n) is 2.49. The average Bonchev–Trinajstić information content (AvgIpc) is 2.94. The van der Waals surface area contributed by atoms with Crippen LogP contribution in [0.5, 0.6) is 5.75 Å². The SMILES string of the molecule is COc1csc(C(=O)CCc2cnn(C)c2)c1. The summed E-state index contributed by atoms with van der Waals surface area (Å²) >= 11 is 1.43. The van der Waals surface area contributed by atoms with Gasteiger partial charge in [0.25, 0.3) is 0 Å². The predicted molar refractivity (Wildman–Crippen MR) is 66.7 cm³/mol. The van der Waals surface area contributed by atoms with Crippen molar-refractivity contribution in [2.24, 2.45) is 7.05 Å². The number of aromatic nitrogens is 2. The Morgan fingerprint density at radius 3 is 3.00 bits per heavy atom. The summed E-state index contributed by atoms with van der Waals surface area (Å²) in [5.74, 6) is 0.905. The second-order valence-electron chi connectivity index (χ2n) is 3.80. The van der Waals surface area contributed by atoms with Gasteiger partial charge in [0.15, 0.2) is 5.78 Å². The first kappa shape index (κ1) is 11.9. The number of ketones is 1. The van der Waals surface area contributed by atoms with Crippen LogP contribution < -0.4 is 4.74 Å². The molecule has 0 radical (unpaired) electrons. The maximum absolute atomic E-state index is 11.9. The predicted octanol–water partition coefficient (Wildman–Crippen LogP) is 2.31. The smallest absolute Gasteiger partial charge is 0.173 e. The van der Waals surface area contributed by atoms with Crippen molar-refractivity contribution >= 4 is 17.1 Å². The number of nitrogens with zero attached hydrogens (tertiary/aromatic N) is 2. The first-order chi connectivity index (χ1) is 8.19. The fourth-order valence-electron chi connectivity index (χ4n) is 1.55. The van der Waals surface area contributed by atoms with Crippen molar-refractivity contribution in [2.75, 3.05) is 7.11 Å². The Morgan fingerprint density at radius 1 is 1.59 bits per heavy atom. The molecule has 0 saturated heterocycles. The molecule has 4 nitrogen and oxygen atoms in total. The highest BCUT2D eigenvalue weighted by Crippen LogP contribution is 2.22. The highest BCUT2D eigenvalue weighted by molar-refractivity contribution is 7.12. The van der Waals surface area contributed by atoms with Crippen molar-refractivity contribution in [1.82, 2.24) is 9.78 Å². The largest absolute Gasteiger partial charge is 0.496 e. The summed E-state index contributed by atoms with van der Waals surface area (Å²) in [7, 11) is 3.47. The van der Waals surface area contributed by atoms with E-state index in [4.69, 9.17) is 4.74 Å². The monoisotopic (exact) mass is 250 g/mol. The molecule has 0 aliphatic heterocycles. The first-order valence-corrected chi connectivity index (χ1v) is 6.20. The van der Waals surface area contributed by atoms with Gasteiger partial charge < -0.3 is 4.74 Å². The molecule has 0 fully saturated rings. The van der Waals surface area contributed by atoms with Gasteiger partial charge in [-0.15, -0.1) is 11.3 Å². The molecule has 0 amide bonds.